The first-order chi connectivity index (χ1) is 12.3. The van der Waals surface area contributed by atoms with E-state index in [-0.39, 0.29) is 22.3 Å². The maximum absolute atomic E-state index is 12.2. The van der Waals surface area contributed by atoms with Gasteiger partial charge in [-0.1, -0.05) is 38.5 Å². The number of rotatable bonds is 10. The van der Waals surface area contributed by atoms with Crippen LogP contribution >= 0.6 is 0 Å². The largest absolute Gasteiger partial charge is 0.407 e. The maximum atomic E-state index is 12.2. The molecule has 0 heterocycles. The molecular weight excluding hydrogens is 380 g/mol. The summed E-state index contributed by atoms with van der Waals surface area (Å²) in [6.45, 7) is 14.2. The summed E-state index contributed by atoms with van der Waals surface area (Å²) in [6.07, 6.45) is 1.37. The number of ketones is 1. The predicted molar refractivity (Wildman–Crippen MR) is 111 cm³/mol. The van der Waals surface area contributed by atoms with Crippen molar-refractivity contribution in [2.45, 2.75) is 83.0 Å². The normalized spacial score (nSPS) is 14.2. The molecule has 0 amide bonds. The van der Waals surface area contributed by atoms with E-state index in [4.69, 9.17) is 8.61 Å². The van der Waals surface area contributed by atoms with Crippen LogP contribution in [0.25, 0.3) is 0 Å². The predicted octanol–water partition coefficient (Wildman–Crippen LogP) is 4.85. The topological polar surface area (TPSA) is 69.7 Å². The SMILES string of the molecule is CC(=O)[C@H](CCCCOS(=O)(=O)c1ccc(C)cc1)O[Si](C)(C)C(C)(C)C. The van der Waals surface area contributed by atoms with E-state index in [1.807, 2.05) is 6.92 Å². The first-order valence-corrected chi connectivity index (χ1v) is 13.7. The van der Waals surface area contributed by atoms with Crippen molar-refractivity contribution in [3.63, 3.8) is 0 Å². The Morgan fingerprint density at radius 1 is 1.11 bits per heavy atom. The molecule has 1 aromatic carbocycles. The molecule has 7 heteroatoms. The van der Waals surface area contributed by atoms with Gasteiger partial charge >= 0.3 is 0 Å². The zero-order chi connectivity index (χ0) is 20.9. The summed E-state index contributed by atoms with van der Waals surface area (Å²) >= 11 is 0. The van der Waals surface area contributed by atoms with E-state index in [9.17, 15) is 13.2 Å². The van der Waals surface area contributed by atoms with Gasteiger partial charge < -0.3 is 4.43 Å². The third kappa shape index (κ3) is 7.48. The highest BCUT2D eigenvalue weighted by Gasteiger charge is 2.39. The molecule has 0 unspecified atom stereocenters. The van der Waals surface area contributed by atoms with Crippen molar-refractivity contribution in [3.8, 4) is 0 Å². The van der Waals surface area contributed by atoms with E-state index >= 15 is 0 Å². The molecule has 27 heavy (non-hydrogen) atoms. The number of hydrogen-bond acceptors (Lipinski definition) is 5. The van der Waals surface area contributed by atoms with Crippen LogP contribution in [0.2, 0.25) is 18.1 Å². The van der Waals surface area contributed by atoms with E-state index in [2.05, 4.69) is 33.9 Å². The van der Waals surface area contributed by atoms with Crippen LogP contribution in [0.1, 0.15) is 52.5 Å². The highest BCUT2D eigenvalue weighted by atomic mass is 32.2. The van der Waals surface area contributed by atoms with Gasteiger partial charge in [0.05, 0.1) is 11.5 Å². The van der Waals surface area contributed by atoms with Crippen LogP contribution in [0.4, 0.5) is 0 Å². The Morgan fingerprint density at radius 2 is 1.67 bits per heavy atom. The summed E-state index contributed by atoms with van der Waals surface area (Å²) in [5.74, 6) is 0.0213. The highest BCUT2D eigenvalue weighted by molar-refractivity contribution is 7.86. The molecule has 154 valence electrons. The van der Waals surface area contributed by atoms with Gasteiger partial charge in [0.15, 0.2) is 14.1 Å². The molecule has 0 fully saturated rings. The average Bonchev–Trinajstić information content (AvgIpc) is 2.52. The van der Waals surface area contributed by atoms with Crippen molar-refractivity contribution in [1.82, 2.24) is 0 Å². The van der Waals surface area contributed by atoms with Gasteiger partial charge in [0, 0.05) is 0 Å². The molecule has 0 bridgehead atoms. The average molecular weight is 415 g/mol. The van der Waals surface area contributed by atoms with Crippen LogP contribution in [-0.4, -0.2) is 35.2 Å². The molecule has 1 atom stereocenters. The molecule has 5 nitrogen and oxygen atoms in total. The molecule has 0 spiro atoms. The minimum Gasteiger partial charge on any atom is -0.407 e. The Labute approximate surface area is 165 Å². The Hall–Kier alpha value is -1.02. The zero-order valence-corrected chi connectivity index (χ0v) is 19.5. The smallest absolute Gasteiger partial charge is 0.296 e. The summed E-state index contributed by atoms with van der Waals surface area (Å²) in [5.41, 5.74) is 0.992. The molecule has 0 N–H and O–H groups in total. The van der Waals surface area contributed by atoms with E-state index in [0.29, 0.717) is 19.3 Å². The van der Waals surface area contributed by atoms with Gasteiger partial charge in [-0.05, 0) is 63.4 Å². The fourth-order valence-electron chi connectivity index (χ4n) is 2.25. The van der Waals surface area contributed by atoms with Crippen LogP contribution in [0.15, 0.2) is 29.2 Å². The molecule has 0 saturated heterocycles. The van der Waals surface area contributed by atoms with E-state index < -0.39 is 24.5 Å². The third-order valence-corrected chi connectivity index (χ3v) is 10.9. The van der Waals surface area contributed by atoms with Crippen molar-refractivity contribution >= 4 is 24.2 Å². The van der Waals surface area contributed by atoms with Crippen LogP contribution < -0.4 is 0 Å². The van der Waals surface area contributed by atoms with Crippen molar-refractivity contribution in [2.75, 3.05) is 6.61 Å². The Bertz CT molecular complexity index is 718. The highest BCUT2D eigenvalue weighted by Crippen LogP contribution is 2.37. The van der Waals surface area contributed by atoms with Crippen LogP contribution in [0, 0.1) is 6.92 Å². The van der Waals surface area contributed by atoms with Crippen molar-refractivity contribution < 1.29 is 21.8 Å². The van der Waals surface area contributed by atoms with Crippen LogP contribution in [0.5, 0.6) is 0 Å². The summed E-state index contributed by atoms with van der Waals surface area (Å²) in [6, 6.07) is 6.57. The molecular formula is C20H34O5SSi. The Morgan fingerprint density at radius 3 is 2.15 bits per heavy atom. The van der Waals surface area contributed by atoms with Crippen molar-refractivity contribution in [1.29, 1.82) is 0 Å². The van der Waals surface area contributed by atoms with Crippen LogP contribution in [-0.2, 0) is 23.5 Å². The summed E-state index contributed by atoms with van der Waals surface area (Å²) in [4.78, 5) is 12.1. The van der Waals surface area contributed by atoms with Gasteiger partial charge in [-0.3, -0.25) is 8.98 Å². The lowest BCUT2D eigenvalue weighted by molar-refractivity contribution is -0.124. The first kappa shape index (κ1) is 24.0. The molecule has 0 saturated carbocycles. The van der Waals surface area contributed by atoms with Gasteiger partial charge in [0.25, 0.3) is 10.1 Å². The summed E-state index contributed by atoms with van der Waals surface area (Å²) < 4.78 is 35.6. The number of hydrogen-bond donors (Lipinski definition) is 0. The molecule has 1 rings (SSSR count). The number of aryl methyl sites for hydroxylation is 1. The van der Waals surface area contributed by atoms with Gasteiger partial charge in [-0.2, -0.15) is 8.42 Å². The fourth-order valence-corrected chi connectivity index (χ4v) is 4.54. The summed E-state index contributed by atoms with van der Waals surface area (Å²) in [7, 11) is -5.76. The van der Waals surface area contributed by atoms with Gasteiger partial charge in [0.1, 0.15) is 6.10 Å². The lowest BCUT2D eigenvalue weighted by Gasteiger charge is -2.38. The number of carbonyl (C=O) groups excluding carboxylic acids is 1. The zero-order valence-electron chi connectivity index (χ0n) is 17.7. The lowest BCUT2D eigenvalue weighted by Crippen LogP contribution is -2.45. The second-order valence-corrected chi connectivity index (χ2v) is 14.9. The second-order valence-electron chi connectivity index (χ2n) is 8.56. The van der Waals surface area contributed by atoms with E-state index in [0.717, 1.165) is 5.56 Å². The van der Waals surface area contributed by atoms with Gasteiger partial charge in [-0.25, -0.2) is 0 Å². The van der Waals surface area contributed by atoms with E-state index in [1.165, 1.54) is 0 Å². The Balaban J connectivity index is 2.51. The number of benzene rings is 1. The number of carbonyl (C=O) groups is 1. The fraction of sp³-hybridized carbons (Fsp3) is 0.650. The van der Waals surface area contributed by atoms with Crippen molar-refractivity contribution in [2.24, 2.45) is 0 Å². The van der Waals surface area contributed by atoms with E-state index in [1.54, 1.807) is 31.2 Å². The Kier molecular flexibility index (Phi) is 8.41. The molecule has 0 aliphatic rings. The minimum absolute atomic E-state index is 0.0213. The molecule has 0 radical (unpaired) electrons. The third-order valence-electron chi connectivity index (χ3n) is 5.11. The molecule has 0 aliphatic carbocycles. The van der Waals surface area contributed by atoms with Crippen molar-refractivity contribution in [3.05, 3.63) is 29.8 Å². The monoisotopic (exact) mass is 414 g/mol. The minimum atomic E-state index is -3.73. The van der Waals surface area contributed by atoms with Gasteiger partial charge in [-0.15, -0.1) is 0 Å². The lowest BCUT2D eigenvalue weighted by atomic mass is 10.1. The standard InChI is InChI=1S/C20H34O5SSi/c1-16-11-13-18(14-12-16)26(22,23)24-15-9-8-10-19(17(2)21)25-27(6,7)20(3,4)5/h11-14,19H,8-10,15H2,1-7H3/t19-/m0/s1. The quantitative estimate of drug-likeness (QED) is 0.311. The molecule has 1 aromatic rings. The summed E-state index contributed by atoms with van der Waals surface area (Å²) in [5, 5.41) is 0.0337. The maximum Gasteiger partial charge on any atom is 0.296 e. The second kappa shape index (κ2) is 9.45. The first-order valence-electron chi connectivity index (χ1n) is 9.41. The van der Waals surface area contributed by atoms with Crippen LogP contribution in [0.3, 0.4) is 0 Å². The molecule has 0 aromatic heterocycles. The number of Topliss-reactive ketones (excluding diaryl/α,β-unsaturated/α-hetero) is 1. The van der Waals surface area contributed by atoms with Gasteiger partial charge in [0.2, 0.25) is 0 Å². The molecule has 0 aliphatic heterocycles. The number of unbranched alkanes of at least 4 members (excludes halogenated alkanes) is 1.